The molecule has 1 fully saturated rings. The molecule has 5 nitrogen and oxygen atoms in total. The fraction of sp³-hybridized carbons (Fsp3) is 0.375. The smallest absolute Gasteiger partial charge is 0.276 e. The van der Waals surface area contributed by atoms with E-state index in [9.17, 15) is 12.8 Å². The summed E-state index contributed by atoms with van der Waals surface area (Å²) in [5.41, 5.74) is 0.826. The van der Waals surface area contributed by atoms with Gasteiger partial charge in [0.15, 0.2) is 0 Å². The second-order valence-corrected chi connectivity index (χ2v) is 7.53. The Kier molecular flexibility index (Phi) is 4.41. The van der Waals surface area contributed by atoms with Crippen LogP contribution < -0.4 is 4.90 Å². The van der Waals surface area contributed by atoms with Gasteiger partial charge in [-0.05, 0) is 49.2 Å². The van der Waals surface area contributed by atoms with Gasteiger partial charge in [0.05, 0.1) is 6.54 Å². The van der Waals surface area contributed by atoms with E-state index < -0.39 is 10.0 Å². The number of benzene rings is 1. The van der Waals surface area contributed by atoms with Gasteiger partial charge in [-0.3, -0.25) is 0 Å². The molecule has 0 saturated carbocycles. The average molecular weight is 338 g/mol. The van der Waals surface area contributed by atoms with Gasteiger partial charge in [0.1, 0.15) is 11.6 Å². The molecule has 0 aliphatic carbocycles. The van der Waals surface area contributed by atoms with Crippen LogP contribution in [0.25, 0.3) is 0 Å². The molecule has 1 aliphatic rings. The van der Waals surface area contributed by atoms with Crippen LogP contribution in [0.5, 0.6) is 0 Å². The van der Waals surface area contributed by atoms with Crippen LogP contribution in [0.3, 0.4) is 0 Å². The number of sulfonamides is 1. The maximum absolute atomic E-state index is 13.0. The fourth-order valence-electron chi connectivity index (χ4n) is 2.66. The summed E-state index contributed by atoms with van der Waals surface area (Å²) >= 11 is 0. The number of anilines is 1. The number of hydrogen-bond donors (Lipinski definition) is 0. The SMILES string of the molecule is CN(Cc1ccc(S(=O)(=O)N2CCCC2)o1)c1ccc(F)cc1. The van der Waals surface area contributed by atoms with Crippen molar-refractivity contribution in [2.75, 3.05) is 25.0 Å². The maximum Gasteiger partial charge on any atom is 0.276 e. The van der Waals surface area contributed by atoms with E-state index in [0.717, 1.165) is 18.5 Å². The van der Waals surface area contributed by atoms with E-state index in [1.165, 1.54) is 22.5 Å². The van der Waals surface area contributed by atoms with Gasteiger partial charge < -0.3 is 9.32 Å². The van der Waals surface area contributed by atoms with Gasteiger partial charge in [0.2, 0.25) is 5.09 Å². The van der Waals surface area contributed by atoms with E-state index in [2.05, 4.69) is 0 Å². The molecule has 1 aliphatic heterocycles. The van der Waals surface area contributed by atoms with Crippen molar-refractivity contribution in [3.05, 3.63) is 48.0 Å². The molecule has 1 aromatic carbocycles. The van der Waals surface area contributed by atoms with Crippen LogP contribution >= 0.6 is 0 Å². The minimum Gasteiger partial charge on any atom is -0.446 e. The molecule has 23 heavy (non-hydrogen) atoms. The lowest BCUT2D eigenvalue weighted by Crippen LogP contribution is -2.27. The zero-order valence-corrected chi connectivity index (χ0v) is 13.7. The van der Waals surface area contributed by atoms with Crippen molar-refractivity contribution in [3.63, 3.8) is 0 Å². The van der Waals surface area contributed by atoms with E-state index >= 15 is 0 Å². The van der Waals surface area contributed by atoms with Crippen LogP contribution in [-0.2, 0) is 16.6 Å². The molecule has 3 rings (SSSR count). The molecule has 0 unspecified atom stereocenters. The number of rotatable bonds is 5. The van der Waals surface area contributed by atoms with Crippen LogP contribution in [0.1, 0.15) is 18.6 Å². The predicted molar refractivity (Wildman–Crippen MR) is 85.2 cm³/mol. The lowest BCUT2D eigenvalue weighted by molar-refractivity contribution is 0.389. The fourth-order valence-corrected chi connectivity index (χ4v) is 4.10. The second-order valence-electron chi connectivity index (χ2n) is 5.66. The highest BCUT2D eigenvalue weighted by Crippen LogP contribution is 2.24. The van der Waals surface area contributed by atoms with Crippen molar-refractivity contribution in [1.29, 1.82) is 0 Å². The minimum atomic E-state index is -3.53. The van der Waals surface area contributed by atoms with E-state index in [1.54, 1.807) is 18.2 Å². The van der Waals surface area contributed by atoms with Gasteiger partial charge in [-0.2, -0.15) is 4.31 Å². The third-order valence-electron chi connectivity index (χ3n) is 3.96. The summed E-state index contributed by atoms with van der Waals surface area (Å²) in [4.78, 5) is 1.87. The van der Waals surface area contributed by atoms with Crippen molar-refractivity contribution < 1.29 is 17.2 Å². The summed E-state index contributed by atoms with van der Waals surface area (Å²) in [5.74, 6) is 0.258. The lowest BCUT2D eigenvalue weighted by Gasteiger charge is -2.18. The topological polar surface area (TPSA) is 53.8 Å². The molecule has 0 bridgehead atoms. The Balaban J connectivity index is 1.73. The van der Waals surface area contributed by atoms with Crippen LogP contribution in [-0.4, -0.2) is 32.9 Å². The van der Waals surface area contributed by atoms with E-state index in [4.69, 9.17) is 4.42 Å². The van der Waals surface area contributed by atoms with Crippen LogP contribution in [0, 0.1) is 5.82 Å². The van der Waals surface area contributed by atoms with Gasteiger partial charge in [-0.25, -0.2) is 12.8 Å². The van der Waals surface area contributed by atoms with Crippen molar-refractivity contribution >= 4 is 15.7 Å². The summed E-state index contributed by atoms with van der Waals surface area (Å²) in [6, 6.07) is 9.28. The molecular weight excluding hydrogens is 319 g/mol. The standard InChI is InChI=1S/C16H19FN2O3S/c1-18(14-6-4-13(17)5-7-14)12-15-8-9-16(22-15)23(20,21)19-10-2-3-11-19/h4-9H,2-3,10-12H2,1H3. The van der Waals surface area contributed by atoms with Gasteiger partial charge in [-0.1, -0.05) is 0 Å². The third kappa shape index (κ3) is 3.40. The molecule has 0 atom stereocenters. The second kappa shape index (κ2) is 6.33. The van der Waals surface area contributed by atoms with E-state index in [-0.39, 0.29) is 10.9 Å². The van der Waals surface area contributed by atoms with Crippen molar-refractivity contribution in [2.45, 2.75) is 24.5 Å². The van der Waals surface area contributed by atoms with Crippen LogP contribution in [0.15, 0.2) is 45.9 Å². The number of hydrogen-bond acceptors (Lipinski definition) is 4. The molecule has 0 spiro atoms. The first kappa shape index (κ1) is 16.0. The van der Waals surface area contributed by atoms with Crippen molar-refractivity contribution in [3.8, 4) is 0 Å². The Bertz CT molecular complexity index is 765. The minimum absolute atomic E-state index is 0.0121. The molecule has 0 N–H and O–H groups in total. The first-order valence-corrected chi connectivity index (χ1v) is 8.96. The van der Waals surface area contributed by atoms with Crippen LogP contribution in [0.2, 0.25) is 0 Å². The molecule has 124 valence electrons. The maximum atomic E-state index is 13.0. The Morgan fingerprint density at radius 2 is 1.78 bits per heavy atom. The molecular formula is C16H19FN2O3S. The number of nitrogens with zero attached hydrogens (tertiary/aromatic N) is 2. The van der Waals surface area contributed by atoms with Gasteiger partial charge in [0, 0.05) is 25.8 Å². The Morgan fingerprint density at radius 3 is 2.43 bits per heavy atom. The van der Waals surface area contributed by atoms with Crippen molar-refractivity contribution in [1.82, 2.24) is 4.31 Å². The third-order valence-corrected chi connectivity index (χ3v) is 5.73. The summed E-state index contributed by atoms with van der Waals surface area (Å²) in [6.45, 7) is 1.50. The van der Waals surface area contributed by atoms with E-state index in [0.29, 0.717) is 25.4 Å². The van der Waals surface area contributed by atoms with Gasteiger partial charge in [0.25, 0.3) is 10.0 Å². The molecule has 1 aromatic heterocycles. The Hall–Kier alpha value is -1.86. The highest BCUT2D eigenvalue weighted by molar-refractivity contribution is 7.89. The zero-order valence-electron chi connectivity index (χ0n) is 12.9. The average Bonchev–Trinajstić information content (AvgIpc) is 3.19. The molecule has 7 heteroatoms. The number of halogens is 1. The lowest BCUT2D eigenvalue weighted by atomic mass is 10.3. The summed E-state index contributed by atoms with van der Waals surface area (Å²) in [7, 11) is -1.69. The molecule has 1 saturated heterocycles. The van der Waals surface area contributed by atoms with Gasteiger partial charge >= 0.3 is 0 Å². The molecule has 0 amide bonds. The summed E-state index contributed by atoms with van der Waals surface area (Å²) < 4.78 is 44.8. The van der Waals surface area contributed by atoms with Crippen molar-refractivity contribution in [2.24, 2.45) is 0 Å². The first-order chi connectivity index (χ1) is 11.0. The normalized spacial score (nSPS) is 15.9. The summed E-state index contributed by atoms with van der Waals surface area (Å²) in [6.07, 6.45) is 1.78. The first-order valence-electron chi connectivity index (χ1n) is 7.52. The van der Waals surface area contributed by atoms with Gasteiger partial charge in [-0.15, -0.1) is 0 Å². The van der Waals surface area contributed by atoms with Crippen LogP contribution in [0.4, 0.5) is 10.1 Å². The highest BCUT2D eigenvalue weighted by Gasteiger charge is 2.30. The molecule has 2 aromatic rings. The summed E-state index contributed by atoms with van der Waals surface area (Å²) in [5, 5.41) is -0.0121. The Labute approximate surface area is 135 Å². The Morgan fingerprint density at radius 1 is 1.13 bits per heavy atom. The molecule has 2 heterocycles. The predicted octanol–water partition coefficient (Wildman–Crippen LogP) is 2.84. The number of furan rings is 1. The van der Waals surface area contributed by atoms with E-state index in [1.807, 2.05) is 11.9 Å². The quantitative estimate of drug-likeness (QED) is 0.841. The molecule has 0 radical (unpaired) electrons. The zero-order chi connectivity index (χ0) is 16.4. The highest BCUT2D eigenvalue weighted by atomic mass is 32.2. The largest absolute Gasteiger partial charge is 0.446 e. The monoisotopic (exact) mass is 338 g/mol.